The zero-order valence-corrected chi connectivity index (χ0v) is 9.31. The molecule has 0 radical (unpaired) electrons. The van der Waals surface area contributed by atoms with Crippen molar-refractivity contribution in [3.63, 3.8) is 0 Å². The Bertz CT molecular complexity index is 393. The minimum absolute atomic E-state index is 0.0125. The molecule has 1 aromatic rings. The lowest BCUT2D eigenvalue weighted by Crippen LogP contribution is -2.29. The summed E-state index contributed by atoms with van der Waals surface area (Å²) in [6.45, 7) is 3.79. The number of carbonyl (C=O) groups excluding carboxylic acids is 1. The first-order valence-electron chi connectivity index (χ1n) is 5.43. The molecule has 0 saturated carbocycles. The minimum Gasteiger partial charge on any atom is -0.337 e. The van der Waals surface area contributed by atoms with Gasteiger partial charge in [0.1, 0.15) is 11.5 Å². The van der Waals surface area contributed by atoms with Crippen molar-refractivity contribution in [2.24, 2.45) is 11.8 Å². The summed E-state index contributed by atoms with van der Waals surface area (Å²) >= 11 is 0. The maximum absolute atomic E-state index is 12.1. The molecule has 0 bridgehead atoms. The monoisotopic (exact) mass is 220 g/mol. The number of hydrazine groups is 1. The molecule has 3 N–H and O–H groups in total. The van der Waals surface area contributed by atoms with E-state index in [1.165, 1.54) is 0 Å². The first kappa shape index (κ1) is 10.9. The number of nitrogens with zero attached hydrogens (tertiary/aromatic N) is 2. The van der Waals surface area contributed by atoms with Gasteiger partial charge in [0.15, 0.2) is 0 Å². The Morgan fingerprint density at radius 3 is 3.06 bits per heavy atom. The number of aromatic nitrogens is 1. The zero-order valence-electron chi connectivity index (χ0n) is 9.31. The summed E-state index contributed by atoms with van der Waals surface area (Å²) in [6.07, 6.45) is 1.07. The molecule has 1 saturated heterocycles. The summed E-state index contributed by atoms with van der Waals surface area (Å²) in [4.78, 5) is 18.0. The third-order valence-corrected chi connectivity index (χ3v) is 2.83. The molecule has 5 nitrogen and oxygen atoms in total. The topological polar surface area (TPSA) is 71.2 Å². The van der Waals surface area contributed by atoms with Crippen LogP contribution in [0.3, 0.4) is 0 Å². The van der Waals surface area contributed by atoms with Crippen LogP contribution in [-0.4, -0.2) is 28.9 Å². The van der Waals surface area contributed by atoms with Crippen molar-refractivity contribution in [2.45, 2.75) is 13.3 Å². The zero-order chi connectivity index (χ0) is 11.5. The number of rotatable bonds is 2. The molecule has 1 aliphatic heterocycles. The Balaban J connectivity index is 2.14. The molecule has 5 heteroatoms. The standard InChI is InChI=1S/C11H16N4O/c1-8-5-6-15(7-8)11(16)9-3-2-4-10(13-9)14-12/h2-4,8H,5-7,12H2,1H3,(H,13,14). The molecular weight excluding hydrogens is 204 g/mol. The van der Waals surface area contributed by atoms with E-state index in [-0.39, 0.29) is 5.91 Å². The van der Waals surface area contributed by atoms with Crippen LogP contribution in [0.2, 0.25) is 0 Å². The van der Waals surface area contributed by atoms with E-state index in [9.17, 15) is 4.79 Å². The smallest absolute Gasteiger partial charge is 0.272 e. The Morgan fingerprint density at radius 2 is 2.44 bits per heavy atom. The molecule has 1 fully saturated rings. The van der Waals surface area contributed by atoms with E-state index in [1.54, 1.807) is 18.2 Å². The van der Waals surface area contributed by atoms with E-state index in [0.29, 0.717) is 17.4 Å². The van der Waals surface area contributed by atoms with Gasteiger partial charge in [0, 0.05) is 13.1 Å². The summed E-state index contributed by atoms with van der Waals surface area (Å²) in [7, 11) is 0. The van der Waals surface area contributed by atoms with Gasteiger partial charge in [0.2, 0.25) is 0 Å². The van der Waals surface area contributed by atoms with Crippen LogP contribution in [0.4, 0.5) is 5.82 Å². The largest absolute Gasteiger partial charge is 0.337 e. The summed E-state index contributed by atoms with van der Waals surface area (Å²) in [5.41, 5.74) is 2.89. The van der Waals surface area contributed by atoms with Crippen LogP contribution in [0.25, 0.3) is 0 Å². The predicted octanol–water partition coefficient (Wildman–Crippen LogP) is 0.849. The van der Waals surface area contributed by atoms with Gasteiger partial charge in [0.05, 0.1) is 0 Å². The quantitative estimate of drug-likeness (QED) is 0.572. The summed E-state index contributed by atoms with van der Waals surface area (Å²) in [5.74, 6) is 6.34. The molecule has 86 valence electrons. The Morgan fingerprint density at radius 1 is 1.62 bits per heavy atom. The van der Waals surface area contributed by atoms with Gasteiger partial charge >= 0.3 is 0 Å². The maximum atomic E-state index is 12.1. The van der Waals surface area contributed by atoms with Gasteiger partial charge in [-0.3, -0.25) is 4.79 Å². The second kappa shape index (κ2) is 4.49. The van der Waals surface area contributed by atoms with E-state index in [1.807, 2.05) is 4.90 Å². The molecule has 1 atom stereocenters. The number of hydrogen-bond acceptors (Lipinski definition) is 4. The van der Waals surface area contributed by atoms with Gasteiger partial charge in [0.25, 0.3) is 5.91 Å². The number of nitrogens with one attached hydrogen (secondary N) is 1. The third-order valence-electron chi connectivity index (χ3n) is 2.83. The molecule has 0 spiro atoms. The number of anilines is 1. The number of nitrogens with two attached hydrogens (primary N) is 1. The number of likely N-dealkylation sites (tertiary alicyclic amines) is 1. The lowest BCUT2D eigenvalue weighted by Gasteiger charge is -2.15. The van der Waals surface area contributed by atoms with Gasteiger partial charge in [-0.05, 0) is 24.5 Å². The minimum atomic E-state index is -0.0125. The molecule has 1 aromatic heterocycles. The predicted molar refractivity (Wildman–Crippen MR) is 61.7 cm³/mol. The number of carbonyl (C=O) groups is 1. The Labute approximate surface area is 94.6 Å². The number of nitrogen functional groups attached to an aromatic ring is 1. The molecule has 2 rings (SSSR count). The summed E-state index contributed by atoms with van der Waals surface area (Å²) in [6, 6.07) is 5.21. The molecule has 0 aromatic carbocycles. The summed E-state index contributed by atoms with van der Waals surface area (Å²) < 4.78 is 0. The fraction of sp³-hybridized carbons (Fsp3) is 0.455. The van der Waals surface area contributed by atoms with Crippen LogP contribution in [0.5, 0.6) is 0 Å². The third kappa shape index (κ3) is 2.14. The van der Waals surface area contributed by atoms with Crippen LogP contribution in [0.1, 0.15) is 23.8 Å². The SMILES string of the molecule is CC1CCN(C(=O)c2cccc(NN)n2)C1. The van der Waals surface area contributed by atoms with Crippen LogP contribution in [0, 0.1) is 5.92 Å². The fourth-order valence-electron chi connectivity index (χ4n) is 1.92. The second-order valence-corrected chi connectivity index (χ2v) is 4.20. The number of amides is 1. The molecule has 1 amide bonds. The van der Waals surface area contributed by atoms with Crippen molar-refractivity contribution in [2.75, 3.05) is 18.5 Å². The Hall–Kier alpha value is -1.62. The first-order chi connectivity index (χ1) is 7.70. The van der Waals surface area contributed by atoms with Gasteiger partial charge < -0.3 is 10.3 Å². The average Bonchev–Trinajstić information content (AvgIpc) is 2.75. The molecular formula is C11H16N4O. The van der Waals surface area contributed by atoms with E-state index in [0.717, 1.165) is 19.5 Å². The van der Waals surface area contributed by atoms with Crippen molar-refractivity contribution >= 4 is 11.7 Å². The van der Waals surface area contributed by atoms with Gasteiger partial charge in [-0.25, -0.2) is 10.8 Å². The first-order valence-corrected chi connectivity index (χ1v) is 5.43. The highest BCUT2D eigenvalue weighted by atomic mass is 16.2. The summed E-state index contributed by atoms with van der Waals surface area (Å²) in [5, 5.41) is 0. The lowest BCUT2D eigenvalue weighted by atomic mass is 10.2. The molecule has 1 unspecified atom stereocenters. The number of hydrogen-bond donors (Lipinski definition) is 2. The lowest BCUT2D eigenvalue weighted by molar-refractivity contribution is 0.0782. The highest BCUT2D eigenvalue weighted by Crippen LogP contribution is 2.17. The van der Waals surface area contributed by atoms with Crippen LogP contribution in [-0.2, 0) is 0 Å². The van der Waals surface area contributed by atoms with Crippen LogP contribution >= 0.6 is 0 Å². The van der Waals surface area contributed by atoms with Gasteiger partial charge in [-0.15, -0.1) is 0 Å². The van der Waals surface area contributed by atoms with Crippen LogP contribution < -0.4 is 11.3 Å². The average molecular weight is 220 g/mol. The van der Waals surface area contributed by atoms with Crippen molar-refractivity contribution < 1.29 is 4.79 Å². The normalized spacial score (nSPS) is 19.9. The molecule has 1 aliphatic rings. The van der Waals surface area contributed by atoms with Crippen LogP contribution in [0.15, 0.2) is 18.2 Å². The van der Waals surface area contributed by atoms with E-state index < -0.39 is 0 Å². The molecule has 0 aliphatic carbocycles. The maximum Gasteiger partial charge on any atom is 0.272 e. The van der Waals surface area contributed by atoms with E-state index in [4.69, 9.17) is 5.84 Å². The van der Waals surface area contributed by atoms with Gasteiger partial charge in [-0.1, -0.05) is 13.0 Å². The van der Waals surface area contributed by atoms with E-state index >= 15 is 0 Å². The fourth-order valence-corrected chi connectivity index (χ4v) is 1.92. The highest BCUT2D eigenvalue weighted by molar-refractivity contribution is 5.92. The Kier molecular flexibility index (Phi) is 3.05. The second-order valence-electron chi connectivity index (χ2n) is 4.20. The highest BCUT2D eigenvalue weighted by Gasteiger charge is 2.24. The molecule has 2 heterocycles. The molecule has 16 heavy (non-hydrogen) atoms. The van der Waals surface area contributed by atoms with Crippen molar-refractivity contribution in [3.05, 3.63) is 23.9 Å². The van der Waals surface area contributed by atoms with Gasteiger partial charge in [-0.2, -0.15) is 0 Å². The number of pyridine rings is 1. The van der Waals surface area contributed by atoms with Crippen molar-refractivity contribution in [1.82, 2.24) is 9.88 Å². The van der Waals surface area contributed by atoms with E-state index in [2.05, 4.69) is 17.3 Å². The van der Waals surface area contributed by atoms with Crippen molar-refractivity contribution in [1.29, 1.82) is 0 Å². The van der Waals surface area contributed by atoms with Crippen molar-refractivity contribution in [3.8, 4) is 0 Å².